The van der Waals surface area contributed by atoms with Gasteiger partial charge in [-0.15, -0.1) is 11.3 Å². The summed E-state index contributed by atoms with van der Waals surface area (Å²) in [5, 5.41) is 17.7. The summed E-state index contributed by atoms with van der Waals surface area (Å²) >= 11 is 1.73. The molecule has 5 nitrogen and oxygen atoms in total. The minimum atomic E-state index is -0.174. The highest BCUT2D eigenvalue weighted by atomic mass is 32.1. The van der Waals surface area contributed by atoms with Gasteiger partial charge >= 0.3 is 0 Å². The Kier molecular flexibility index (Phi) is 3.95. The normalized spacial score (nSPS) is 15.3. The summed E-state index contributed by atoms with van der Waals surface area (Å²) in [5.74, 6) is 0.817. The second-order valence-electron chi connectivity index (χ2n) is 5.62. The standard InChI is InChI=1S/C17H18N4OS/c22-9-13(11-4-2-1-3-5-11)21-16-15-12-6-7-18-8-14(12)23-17(15)20-10-19-16/h1-5,10,13,18,22H,6-9H2,(H,19,20,21). The SMILES string of the molecule is OCC(Nc1ncnc2sc3c(c12)CCNC3)c1ccccc1. The fourth-order valence-corrected chi connectivity index (χ4v) is 4.21. The van der Waals surface area contributed by atoms with Crippen LogP contribution in [-0.4, -0.2) is 28.2 Å². The summed E-state index contributed by atoms with van der Waals surface area (Å²) in [6.45, 7) is 1.90. The van der Waals surface area contributed by atoms with Gasteiger partial charge in [-0.25, -0.2) is 9.97 Å². The molecule has 3 heterocycles. The second-order valence-corrected chi connectivity index (χ2v) is 6.71. The Labute approximate surface area is 138 Å². The predicted octanol–water partition coefficient (Wildman–Crippen LogP) is 2.48. The third-order valence-electron chi connectivity index (χ3n) is 4.20. The number of anilines is 1. The summed E-state index contributed by atoms with van der Waals surface area (Å²) in [6.07, 6.45) is 2.59. The number of hydrogen-bond acceptors (Lipinski definition) is 6. The van der Waals surface area contributed by atoms with Gasteiger partial charge in [0.1, 0.15) is 17.0 Å². The summed E-state index contributed by atoms with van der Waals surface area (Å²) in [4.78, 5) is 11.2. The van der Waals surface area contributed by atoms with Crippen molar-refractivity contribution < 1.29 is 5.11 Å². The average molecular weight is 326 g/mol. The van der Waals surface area contributed by atoms with E-state index in [1.165, 1.54) is 10.4 Å². The maximum atomic E-state index is 9.79. The van der Waals surface area contributed by atoms with E-state index in [-0.39, 0.29) is 12.6 Å². The molecular formula is C17H18N4OS. The van der Waals surface area contributed by atoms with E-state index in [0.717, 1.165) is 41.1 Å². The molecule has 1 atom stereocenters. The maximum Gasteiger partial charge on any atom is 0.139 e. The summed E-state index contributed by atoms with van der Waals surface area (Å²) in [5.41, 5.74) is 2.39. The fourth-order valence-electron chi connectivity index (χ4n) is 3.05. The van der Waals surface area contributed by atoms with Gasteiger partial charge in [-0.2, -0.15) is 0 Å². The highest BCUT2D eigenvalue weighted by molar-refractivity contribution is 7.18. The van der Waals surface area contributed by atoms with Crippen LogP contribution in [0.2, 0.25) is 0 Å². The quantitative estimate of drug-likeness (QED) is 0.687. The van der Waals surface area contributed by atoms with E-state index in [0.29, 0.717) is 0 Å². The second kappa shape index (κ2) is 6.23. The van der Waals surface area contributed by atoms with E-state index >= 15 is 0 Å². The molecule has 1 aliphatic heterocycles. The molecule has 0 saturated heterocycles. The van der Waals surface area contributed by atoms with Crippen LogP contribution in [0.3, 0.4) is 0 Å². The molecule has 0 spiro atoms. The highest BCUT2D eigenvalue weighted by Crippen LogP contribution is 2.36. The molecule has 0 bridgehead atoms. The van der Waals surface area contributed by atoms with Crippen LogP contribution in [0.4, 0.5) is 5.82 Å². The maximum absolute atomic E-state index is 9.79. The van der Waals surface area contributed by atoms with Crippen LogP contribution in [0.5, 0.6) is 0 Å². The van der Waals surface area contributed by atoms with Crippen molar-refractivity contribution in [1.82, 2.24) is 15.3 Å². The first-order valence-electron chi connectivity index (χ1n) is 7.75. The molecule has 1 aromatic carbocycles. The molecule has 3 N–H and O–H groups in total. The van der Waals surface area contributed by atoms with Crippen LogP contribution < -0.4 is 10.6 Å². The van der Waals surface area contributed by atoms with Crippen molar-refractivity contribution in [2.75, 3.05) is 18.5 Å². The lowest BCUT2D eigenvalue weighted by molar-refractivity contribution is 0.276. The first kappa shape index (κ1) is 14.6. The van der Waals surface area contributed by atoms with E-state index in [9.17, 15) is 5.11 Å². The molecule has 0 amide bonds. The van der Waals surface area contributed by atoms with Crippen LogP contribution in [-0.2, 0) is 13.0 Å². The van der Waals surface area contributed by atoms with Crippen LogP contribution >= 0.6 is 11.3 Å². The lowest BCUT2D eigenvalue weighted by atomic mass is 10.0. The number of thiophene rings is 1. The van der Waals surface area contributed by atoms with Gasteiger partial charge in [0.15, 0.2) is 0 Å². The summed E-state index contributed by atoms with van der Waals surface area (Å²) < 4.78 is 0. The van der Waals surface area contributed by atoms with E-state index in [1.54, 1.807) is 17.7 Å². The molecule has 118 valence electrons. The van der Waals surface area contributed by atoms with Crippen molar-refractivity contribution in [3.8, 4) is 0 Å². The van der Waals surface area contributed by atoms with E-state index in [1.807, 2.05) is 30.3 Å². The molecule has 4 rings (SSSR count). The molecule has 2 aromatic heterocycles. The number of aromatic nitrogens is 2. The third kappa shape index (κ3) is 2.69. The van der Waals surface area contributed by atoms with Gasteiger partial charge in [-0.1, -0.05) is 30.3 Å². The van der Waals surface area contributed by atoms with Crippen LogP contribution in [0, 0.1) is 0 Å². The Bertz CT molecular complexity index is 818. The van der Waals surface area contributed by atoms with E-state index in [2.05, 4.69) is 20.6 Å². The van der Waals surface area contributed by atoms with Gasteiger partial charge in [0.2, 0.25) is 0 Å². The zero-order chi connectivity index (χ0) is 15.6. The molecule has 1 aliphatic rings. The van der Waals surface area contributed by atoms with Gasteiger partial charge < -0.3 is 15.7 Å². The van der Waals surface area contributed by atoms with Gasteiger partial charge in [-0.3, -0.25) is 0 Å². The number of aliphatic hydroxyl groups excluding tert-OH is 1. The number of fused-ring (bicyclic) bond motifs is 3. The molecule has 0 aliphatic carbocycles. The lowest BCUT2D eigenvalue weighted by Crippen LogP contribution is -2.22. The van der Waals surface area contributed by atoms with E-state index in [4.69, 9.17) is 0 Å². The van der Waals surface area contributed by atoms with Crippen molar-refractivity contribution in [1.29, 1.82) is 0 Å². The van der Waals surface area contributed by atoms with Gasteiger partial charge in [0.25, 0.3) is 0 Å². The van der Waals surface area contributed by atoms with Crippen LogP contribution in [0.25, 0.3) is 10.2 Å². The highest BCUT2D eigenvalue weighted by Gasteiger charge is 2.21. The zero-order valence-electron chi connectivity index (χ0n) is 12.6. The molecule has 6 heteroatoms. The zero-order valence-corrected chi connectivity index (χ0v) is 13.4. The molecule has 0 radical (unpaired) electrons. The first-order chi connectivity index (χ1) is 11.4. The van der Waals surface area contributed by atoms with Crippen molar-refractivity contribution in [2.24, 2.45) is 0 Å². The van der Waals surface area contributed by atoms with Gasteiger partial charge in [0.05, 0.1) is 18.0 Å². The molecule has 3 aromatic rings. The minimum Gasteiger partial charge on any atom is -0.394 e. The van der Waals surface area contributed by atoms with Crippen molar-refractivity contribution >= 4 is 27.4 Å². The lowest BCUT2D eigenvalue weighted by Gasteiger charge is -2.19. The number of nitrogens with zero attached hydrogens (tertiary/aromatic N) is 2. The summed E-state index contributed by atoms with van der Waals surface area (Å²) in [6, 6.07) is 9.79. The topological polar surface area (TPSA) is 70.1 Å². The smallest absolute Gasteiger partial charge is 0.139 e. The molecular weight excluding hydrogens is 308 g/mol. The Morgan fingerprint density at radius 3 is 2.96 bits per heavy atom. The van der Waals surface area contributed by atoms with Crippen molar-refractivity contribution in [3.63, 3.8) is 0 Å². The molecule has 0 fully saturated rings. The molecule has 0 saturated carbocycles. The largest absolute Gasteiger partial charge is 0.394 e. The van der Waals surface area contributed by atoms with E-state index < -0.39 is 0 Å². The predicted molar refractivity (Wildman–Crippen MR) is 92.7 cm³/mol. The van der Waals surface area contributed by atoms with Crippen molar-refractivity contribution in [3.05, 3.63) is 52.7 Å². The number of nitrogens with one attached hydrogen (secondary N) is 2. The number of benzene rings is 1. The Morgan fingerprint density at radius 2 is 2.13 bits per heavy atom. The fraction of sp³-hybridized carbons (Fsp3) is 0.294. The molecule has 1 unspecified atom stereocenters. The first-order valence-corrected chi connectivity index (χ1v) is 8.57. The van der Waals surface area contributed by atoms with Gasteiger partial charge in [0, 0.05) is 11.4 Å². The van der Waals surface area contributed by atoms with Gasteiger partial charge in [-0.05, 0) is 24.1 Å². The Hall–Kier alpha value is -2.02. The van der Waals surface area contributed by atoms with Crippen molar-refractivity contribution in [2.45, 2.75) is 19.0 Å². The minimum absolute atomic E-state index is 0.0173. The summed E-state index contributed by atoms with van der Waals surface area (Å²) in [7, 11) is 0. The third-order valence-corrected chi connectivity index (χ3v) is 5.34. The van der Waals surface area contributed by atoms with Crippen LogP contribution in [0.15, 0.2) is 36.7 Å². The Balaban J connectivity index is 1.75. The monoisotopic (exact) mass is 326 g/mol. The number of aliphatic hydroxyl groups is 1. The molecule has 23 heavy (non-hydrogen) atoms. The number of rotatable bonds is 4. The van der Waals surface area contributed by atoms with Crippen LogP contribution in [0.1, 0.15) is 22.0 Å². The number of hydrogen-bond donors (Lipinski definition) is 3. The Morgan fingerprint density at radius 1 is 1.26 bits per heavy atom. The average Bonchev–Trinajstić information content (AvgIpc) is 2.99.